The van der Waals surface area contributed by atoms with Crippen LogP contribution in [-0.2, 0) is 0 Å². The maximum atomic E-state index is 8.46. The Balaban J connectivity index is 1.29. The molecule has 1 heterocycles. The van der Waals surface area contributed by atoms with Crippen molar-refractivity contribution >= 4 is 54.3 Å². The van der Waals surface area contributed by atoms with Crippen LogP contribution in [0.5, 0.6) is 0 Å². The molecule has 0 bridgehead atoms. The van der Waals surface area contributed by atoms with Crippen molar-refractivity contribution < 1.29 is 11.3 Å². The van der Waals surface area contributed by atoms with E-state index in [0.29, 0.717) is 11.1 Å². The third-order valence-electron chi connectivity index (χ3n) is 8.33. The molecule has 41 heavy (non-hydrogen) atoms. The first-order valence-corrected chi connectivity index (χ1v) is 13.7. The molecule has 0 spiro atoms. The number of benzene rings is 8. The molecule has 0 fully saturated rings. The van der Waals surface area contributed by atoms with Gasteiger partial charge in [-0.1, -0.05) is 127 Å². The van der Waals surface area contributed by atoms with Crippen LogP contribution >= 0.6 is 0 Å². The Kier molecular flexibility index (Phi) is 3.76. The molecule has 8 aromatic carbocycles. The third-order valence-corrected chi connectivity index (χ3v) is 8.33. The van der Waals surface area contributed by atoms with Gasteiger partial charge < -0.3 is 4.42 Å². The summed E-state index contributed by atoms with van der Waals surface area (Å²) in [6, 6.07) is 38.3. The Morgan fingerprint density at radius 3 is 1.88 bits per heavy atom. The number of hydrogen-bond donors (Lipinski definition) is 0. The first-order chi connectivity index (χ1) is 22.4. The molecule has 1 nitrogen and oxygen atoms in total. The molecule has 0 atom stereocenters. The average Bonchev–Trinajstić information content (AvgIpc) is 3.47. The lowest BCUT2D eigenvalue weighted by molar-refractivity contribution is 0.669. The highest BCUT2D eigenvalue weighted by molar-refractivity contribution is 6.28. The first kappa shape index (κ1) is 18.0. The molecule has 0 saturated carbocycles. The molecule has 190 valence electrons. The van der Waals surface area contributed by atoms with Crippen molar-refractivity contribution in [2.45, 2.75) is 0 Å². The lowest BCUT2D eigenvalue weighted by Crippen LogP contribution is -1.89. The van der Waals surface area contributed by atoms with Gasteiger partial charge in [0.15, 0.2) is 0 Å². The molecule has 0 aliphatic heterocycles. The molecule has 0 unspecified atom stereocenters. The fourth-order valence-corrected chi connectivity index (χ4v) is 6.51. The van der Waals surface area contributed by atoms with Crippen molar-refractivity contribution in [3.8, 4) is 33.4 Å². The maximum Gasteiger partial charge on any atom is 0.136 e. The van der Waals surface area contributed by atoms with Crippen LogP contribution in [0.15, 0.2) is 150 Å². The Bertz CT molecular complexity index is 2660. The summed E-state index contributed by atoms with van der Waals surface area (Å²) in [6.07, 6.45) is 0. The third kappa shape index (κ3) is 3.30. The standard InChI is InChI=1S/C40H24O/c1-3-8-25(9-4-1)29-18-23-35-37(24-29)41-36-13-7-12-32(40(35)36)31-20-15-28-16-21-33-30(26-10-5-2-6-11-26)19-14-27-17-22-34(31)39(28)38(27)33/h1-24H/i1D,3D,4D,8D,9D. The van der Waals surface area contributed by atoms with E-state index in [1.165, 1.54) is 43.4 Å². The van der Waals surface area contributed by atoms with E-state index in [1.54, 1.807) is 6.07 Å². The summed E-state index contributed by atoms with van der Waals surface area (Å²) in [4.78, 5) is 0. The van der Waals surface area contributed by atoms with E-state index in [2.05, 4.69) is 78.9 Å². The quantitative estimate of drug-likeness (QED) is 0.209. The molecule has 0 saturated heterocycles. The highest BCUT2D eigenvalue weighted by Crippen LogP contribution is 2.45. The molecular formula is C40H24O. The van der Waals surface area contributed by atoms with E-state index in [9.17, 15) is 0 Å². The molecule has 0 N–H and O–H groups in total. The van der Waals surface area contributed by atoms with Gasteiger partial charge in [0.05, 0.1) is 6.85 Å². The van der Waals surface area contributed by atoms with Gasteiger partial charge in [0.1, 0.15) is 11.2 Å². The summed E-state index contributed by atoms with van der Waals surface area (Å²) in [5.74, 6) is 0. The molecule has 9 aromatic rings. The van der Waals surface area contributed by atoms with Gasteiger partial charge in [0.2, 0.25) is 0 Å². The Morgan fingerprint density at radius 1 is 0.415 bits per heavy atom. The number of fused-ring (bicyclic) bond motifs is 3. The fourth-order valence-electron chi connectivity index (χ4n) is 6.51. The molecule has 0 radical (unpaired) electrons. The van der Waals surface area contributed by atoms with Crippen LogP contribution in [0.2, 0.25) is 0 Å². The molecular weight excluding hydrogens is 496 g/mol. The number of furan rings is 1. The molecule has 1 heteroatoms. The van der Waals surface area contributed by atoms with Crippen LogP contribution < -0.4 is 0 Å². The van der Waals surface area contributed by atoms with Crippen LogP contribution in [0.1, 0.15) is 6.85 Å². The zero-order valence-corrected chi connectivity index (χ0v) is 21.9. The summed E-state index contributed by atoms with van der Waals surface area (Å²) >= 11 is 0. The summed E-state index contributed by atoms with van der Waals surface area (Å²) in [5.41, 5.74) is 6.56. The molecule has 0 aliphatic rings. The second kappa shape index (κ2) is 8.55. The van der Waals surface area contributed by atoms with Crippen LogP contribution in [0.3, 0.4) is 0 Å². The smallest absolute Gasteiger partial charge is 0.136 e. The number of hydrogen-bond acceptors (Lipinski definition) is 1. The predicted octanol–water partition coefficient (Wildman–Crippen LogP) is 11.5. The monoisotopic (exact) mass is 525 g/mol. The fraction of sp³-hybridized carbons (Fsp3) is 0. The lowest BCUT2D eigenvalue weighted by Gasteiger charge is -2.17. The summed E-state index contributed by atoms with van der Waals surface area (Å²) in [7, 11) is 0. The normalized spacial score (nSPS) is 13.6. The molecule has 0 amide bonds. The van der Waals surface area contributed by atoms with Crippen LogP contribution in [-0.4, -0.2) is 0 Å². The van der Waals surface area contributed by atoms with Gasteiger partial charge in [0, 0.05) is 10.8 Å². The van der Waals surface area contributed by atoms with E-state index in [1.807, 2.05) is 30.3 Å². The summed E-state index contributed by atoms with van der Waals surface area (Å²) < 4.78 is 47.5. The van der Waals surface area contributed by atoms with Crippen molar-refractivity contribution in [1.82, 2.24) is 0 Å². The minimum atomic E-state index is -0.405. The van der Waals surface area contributed by atoms with Crippen LogP contribution in [0.25, 0.3) is 87.6 Å². The van der Waals surface area contributed by atoms with E-state index >= 15 is 0 Å². The zero-order chi connectivity index (χ0) is 31.3. The second-order valence-corrected chi connectivity index (χ2v) is 10.5. The zero-order valence-electron chi connectivity index (χ0n) is 26.9. The highest BCUT2D eigenvalue weighted by Gasteiger charge is 2.18. The van der Waals surface area contributed by atoms with Gasteiger partial charge in [-0.05, 0) is 83.9 Å². The highest BCUT2D eigenvalue weighted by atomic mass is 16.3. The summed E-state index contributed by atoms with van der Waals surface area (Å²) in [6.45, 7) is 0. The number of rotatable bonds is 3. The summed E-state index contributed by atoms with van der Waals surface area (Å²) in [5, 5.41) is 9.16. The van der Waals surface area contributed by atoms with Crippen molar-refractivity contribution in [2.75, 3.05) is 0 Å². The van der Waals surface area contributed by atoms with Gasteiger partial charge in [0.25, 0.3) is 0 Å². The van der Waals surface area contributed by atoms with Gasteiger partial charge >= 0.3 is 0 Å². The Hall–Kier alpha value is -5.40. The van der Waals surface area contributed by atoms with Crippen molar-refractivity contribution in [1.29, 1.82) is 0 Å². The van der Waals surface area contributed by atoms with E-state index < -0.39 is 6.04 Å². The molecule has 9 rings (SSSR count). The van der Waals surface area contributed by atoms with Gasteiger partial charge in [-0.3, -0.25) is 0 Å². The van der Waals surface area contributed by atoms with Crippen LogP contribution in [0, 0.1) is 0 Å². The minimum Gasteiger partial charge on any atom is -0.456 e. The molecule has 0 aliphatic carbocycles. The van der Waals surface area contributed by atoms with Gasteiger partial charge in [-0.25, -0.2) is 0 Å². The first-order valence-electron chi connectivity index (χ1n) is 16.2. The topological polar surface area (TPSA) is 13.1 Å². The van der Waals surface area contributed by atoms with E-state index in [4.69, 9.17) is 11.3 Å². The van der Waals surface area contributed by atoms with Gasteiger partial charge in [-0.15, -0.1) is 0 Å². The lowest BCUT2D eigenvalue weighted by atomic mass is 9.86. The Morgan fingerprint density at radius 2 is 1.10 bits per heavy atom. The van der Waals surface area contributed by atoms with E-state index in [0.717, 1.165) is 27.5 Å². The minimum absolute atomic E-state index is 0.162. The second-order valence-electron chi connectivity index (χ2n) is 10.5. The SMILES string of the molecule is [2H]c1c([2H])c([2H])c(-c2ccc3c(c2)oc2cccc(-c4ccc5ccc6c(-c7ccccc7)ccc7ccc4c5c76)c23)c([2H])c1[2H]. The molecule has 1 aromatic heterocycles. The Labute approximate surface area is 244 Å². The largest absolute Gasteiger partial charge is 0.456 e. The van der Waals surface area contributed by atoms with Crippen molar-refractivity contribution in [2.24, 2.45) is 0 Å². The van der Waals surface area contributed by atoms with Crippen LogP contribution in [0.4, 0.5) is 0 Å². The predicted molar refractivity (Wildman–Crippen MR) is 174 cm³/mol. The maximum absolute atomic E-state index is 8.46. The van der Waals surface area contributed by atoms with Crippen molar-refractivity contribution in [3.05, 3.63) is 145 Å². The van der Waals surface area contributed by atoms with E-state index in [-0.39, 0.29) is 29.7 Å². The van der Waals surface area contributed by atoms with Gasteiger partial charge in [-0.2, -0.15) is 0 Å². The van der Waals surface area contributed by atoms with Crippen molar-refractivity contribution in [3.63, 3.8) is 0 Å². The average molecular weight is 526 g/mol.